The van der Waals surface area contributed by atoms with Gasteiger partial charge in [-0.05, 0) is 17.7 Å². The zero-order valence-corrected chi connectivity index (χ0v) is 10.5. The standard InChI is InChI=1S/C16H15NO2/c18-16(15-9-5-2-6-10-15)19-12-11-17-13-14-7-3-1-4-8-14/h1-10,13H,11-12H2. The molecule has 19 heavy (non-hydrogen) atoms. The van der Waals surface area contributed by atoms with Gasteiger partial charge in [0.1, 0.15) is 6.61 Å². The van der Waals surface area contributed by atoms with Crippen molar-refractivity contribution >= 4 is 12.2 Å². The molecule has 3 nitrogen and oxygen atoms in total. The van der Waals surface area contributed by atoms with E-state index in [0.717, 1.165) is 5.56 Å². The number of carbonyl (C=O) groups excluding carboxylic acids is 1. The lowest BCUT2D eigenvalue weighted by Gasteiger charge is -2.02. The molecule has 96 valence electrons. The number of benzene rings is 2. The second kappa shape index (κ2) is 7.11. The van der Waals surface area contributed by atoms with Gasteiger partial charge in [-0.3, -0.25) is 4.99 Å². The van der Waals surface area contributed by atoms with Crippen molar-refractivity contribution in [3.63, 3.8) is 0 Å². The molecule has 0 fully saturated rings. The normalized spacial score (nSPS) is 10.5. The first-order valence-corrected chi connectivity index (χ1v) is 6.13. The number of hydrogen-bond acceptors (Lipinski definition) is 3. The number of ether oxygens (including phenoxy) is 1. The van der Waals surface area contributed by atoms with Gasteiger partial charge in [-0.2, -0.15) is 0 Å². The highest BCUT2D eigenvalue weighted by Crippen LogP contribution is 2.00. The van der Waals surface area contributed by atoms with Gasteiger partial charge in [-0.15, -0.1) is 0 Å². The van der Waals surface area contributed by atoms with Crippen molar-refractivity contribution in [2.75, 3.05) is 13.2 Å². The van der Waals surface area contributed by atoms with Gasteiger partial charge in [0.2, 0.25) is 0 Å². The predicted octanol–water partition coefficient (Wildman–Crippen LogP) is 2.96. The van der Waals surface area contributed by atoms with E-state index in [1.165, 1.54) is 0 Å². The molecule has 0 saturated carbocycles. The SMILES string of the molecule is O=C(OCCN=Cc1ccccc1)c1ccccc1. The third kappa shape index (κ3) is 4.39. The summed E-state index contributed by atoms with van der Waals surface area (Å²) in [7, 11) is 0. The Morgan fingerprint density at radius 1 is 1.00 bits per heavy atom. The number of esters is 1. The van der Waals surface area contributed by atoms with Crippen LogP contribution in [0.5, 0.6) is 0 Å². The minimum atomic E-state index is -0.310. The third-order valence-electron chi connectivity index (χ3n) is 2.50. The van der Waals surface area contributed by atoms with Crippen LogP contribution in [0.1, 0.15) is 15.9 Å². The summed E-state index contributed by atoms with van der Waals surface area (Å²) in [5.41, 5.74) is 1.60. The van der Waals surface area contributed by atoms with E-state index >= 15 is 0 Å². The summed E-state index contributed by atoms with van der Waals surface area (Å²) in [6.45, 7) is 0.754. The highest BCUT2D eigenvalue weighted by molar-refractivity contribution is 5.89. The molecule has 0 bridgehead atoms. The van der Waals surface area contributed by atoms with E-state index in [2.05, 4.69) is 4.99 Å². The van der Waals surface area contributed by atoms with Gasteiger partial charge < -0.3 is 4.74 Å². The van der Waals surface area contributed by atoms with Crippen LogP contribution in [0.3, 0.4) is 0 Å². The van der Waals surface area contributed by atoms with Crippen molar-refractivity contribution in [3.05, 3.63) is 71.8 Å². The van der Waals surface area contributed by atoms with Crippen LogP contribution < -0.4 is 0 Å². The lowest BCUT2D eigenvalue weighted by Crippen LogP contribution is -2.08. The molecule has 2 aromatic rings. The fraction of sp³-hybridized carbons (Fsp3) is 0.125. The Labute approximate surface area is 112 Å². The van der Waals surface area contributed by atoms with E-state index in [0.29, 0.717) is 12.1 Å². The van der Waals surface area contributed by atoms with E-state index in [1.54, 1.807) is 18.3 Å². The Hall–Kier alpha value is -2.42. The molecule has 0 aliphatic rings. The number of carbonyl (C=O) groups is 1. The zero-order chi connectivity index (χ0) is 13.3. The maximum absolute atomic E-state index is 11.6. The molecule has 0 amide bonds. The second-order valence-corrected chi connectivity index (χ2v) is 3.95. The second-order valence-electron chi connectivity index (χ2n) is 3.95. The van der Waals surface area contributed by atoms with E-state index in [9.17, 15) is 4.79 Å². The Bertz CT molecular complexity index is 535. The fourth-order valence-electron chi connectivity index (χ4n) is 1.56. The molecule has 0 spiro atoms. The molecule has 0 atom stereocenters. The highest BCUT2D eigenvalue weighted by Gasteiger charge is 2.04. The van der Waals surface area contributed by atoms with Gasteiger partial charge in [-0.1, -0.05) is 48.5 Å². The molecule has 0 aliphatic heterocycles. The van der Waals surface area contributed by atoms with Gasteiger partial charge >= 0.3 is 5.97 Å². The first-order valence-electron chi connectivity index (χ1n) is 6.13. The van der Waals surface area contributed by atoms with Crippen molar-refractivity contribution in [1.82, 2.24) is 0 Å². The van der Waals surface area contributed by atoms with E-state index in [4.69, 9.17) is 4.74 Å². The lowest BCUT2D eigenvalue weighted by atomic mass is 10.2. The van der Waals surface area contributed by atoms with Crippen LogP contribution in [0.15, 0.2) is 65.7 Å². The smallest absolute Gasteiger partial charge is 0.338 e. The summed E-state index contributed by atoms with van der Waals surface area (Å²) in [6.07, 6.45) is 1.77. The third-order valence-corrected chi connectivity index (χ3v) is 2.50. The van der Waals surface area contributed by atoms with Crippen LogP contribution in [0, 0.1) is 0 Å². The molecule has 0 aliphatic carbocycles. The monoisotopic (exact) mass is 253 g/mol. The van der Waals surface area contributed by atoms with Crippen molar-refractivity contribution < 1.29 is 9.53 Å². The minimum Gasteiger partial charge on any atom is -0.460 e. The lowest BCUT2D eigenvalue weighted by molar-refractivity contribution is 0.0517. The largest absolute Gasteiger partial charge is 0.460 e. The van der Waals surface area contributed by atoms with Crippen molar-refractivity contribution in [1.29, 1.82) is 0 Å². The van der Waals surface area contributed by atoms with Crippen LogP contribution in [0.4, 0.5) is 0 Å². The summed E-state index contributed by atoms with van der Waals surface area (Å²) >= 11 is 0. The predicted molar refractivity (Wildman–Crippen MR) is 75.6 cm³/mol. The summed E-state index contributed by atoms with van der Waals surface area (Å²) in [4.78, 5) is 15.8. The summed E-state index contributed by atoms with van der Waals surface area (Å²) in [5.74, 6) is -0.310. The molecule has 0 aromatic heterocycles. The van der Waals surface area contributed by atoms with Crippen molar-refractivity contribution in [2.24, 2.45) is 4.99 Å². The molecule has 0 saturated heterocycles. The molecule has 2 rings (SSSR count). The summed E-state index contributed by atoms with van der Waals surface area (Å²) < 4.78 is 5.11. The first kappa shape index (κ1) is 13.0. The maximum Gasteiger partial charge on any atom is 0.338 e. The Kier molecular flexibility index (Phi) is 4.87. The number of nitrogens with zero attached hydrogens (tertiary/aromatic N) is 1. The van der Waals surface area contributed by atoms with Crippen molar-refractivity contribution in [2.45, 2.75) is 0 Å². The Morgan fingerprint density at radius 3 is 2.32 bits per heavy atom. The number of aliphatic imine (C=N–C) groups is 1. The molecule has 2 aromatic carbocycles. The molecule has 0 radical (unpaired) electrons. The molecule has 0 N–H and O–H groups in total. The minimum absolute atomic E-state index is 0.289. The van der Waals surface area contributed by atoms with Gasteiger partial charge in [0.25, 0.3) is 0 Å². The Balaban J connectivity index is 1.73. The van der Waals surface area contributed by atoms with Crippen molar-refractivity contribution in [3.8, 4) is 0 Å². The topological polar surface area (TPSA) is 38.7 Å². The Morgan fingerprint density at radius 2 is 1.63 bits per heavy atom. The highest BCUT2D eigenvalue weighted by atomic mass is 16.5. The quantitative estimate of drug-likeness (QED) is 0.467. The molecular formula is C16H15NO2. The molecule has 0 heterocycles. The van der Waals surface area contributed by atoms with Gasteiger partial charge in [0.05, 0.1) is 12.1 Å². The van der Waals surface area contributed by atoms with Crippen LogP contribution >= 0.6 is 0 Å². The first-order chi connectivity index (χ1) is 9.36. The van der Waals surface area contributed by atoms with Gasteiger partial charge in [-0.25, -0.2) is 4.79 Å². The number of hydrogen-bond donors (Lipinski definition) is 0. The fourth-order valence-corrected chi connectivity index (χ4v) is 1.56. The summed E-state index contributed by atoms with van der Waals surface area (Å²) in [5, 5.41) is 0. The maximum atomic E-state index is 11.6. The average molecular weight is 253 g/mol. The van der Waals surface area contributed by atoms with Gasteiger partial charge in [0.15, 0.2) is 0 Å². The van der Waals surface area contributed by atoms with E-state index < -0.39 is 0 Å². The van der Waals surface area contributed by atoms with Crippen LogP contribution in [-0.4, -0.2) is 25.3 Å². The van der Waals surface area contributed by atoms with E-state index in [-0.39, 0.29) is 12.6 Å². The van der Waals surface area contributed by atoms with Crippen LogP contribution in [0.2, 0.25) is 0 Å². The number of rotatable bonds is 5. The summed E-state index contributed by atoms with van der Waals surface area (Å²) in [6, 6.07) is 18.8. The molecule has 0 unspecified atom stereocenters. The zero-order valence-electron chi connectivity index (χ0n) is 10.5. The molecule has 3 heteroatoms. The average Bonchev–Trinajstić information content (AvgIpc) is 2.49. The van der Waals surface area contributed by atoms with Gasteiger partial charge in [0, 0.05) is 6.21 Å². The molecular weight excluding hydrogens is 238 g/mol. The van der Waals surface area contributed by atoms with E-state index in [1.807, 2.05) is 48.5 Å². The van der Waals surface area contributed by atoms with Crippen LogP contribution in [-0.2, 0) is 4.74 Å². The van der Waals surface area contributed by atoms with Crippen LogP contribution in [0.25, 0.3) is 0 Å².